The smallest absolute Gasteiger partial charge is 0.251 e. The Hall–Kier alpha value is -2.18. The lowest BCUT2D eigenvalue weighted by atomic mass is 10.2. The van der Waals surface area contributed by atoms with E-state index in [-0.39, 0.29) is 16.8 Å². The van der Waals surface area contributed by atoms with Crippen molar-refractivity contribution in [1.29, 1.82) is 0 Å². The van der Waals surface area contributed by atoms with E-state index in [2.05, 4.69) is 5.32 Å². The van der Waals surface area contributed by atoms with Crippen LogP contribution < -0.4 is 5.32 Å². The molecule has 126 valence electrons. The molecule has 24 heavy (non-hydrogen) atoms. The lowest BCUT2D eigenvalue weighted by molar-refractivity contribution is 0.0963. The second-order valence-electron chi connectivity index (χ2n) is 5.87. The molecular weight excluding hydrogens is 324 g/mol. The van der Waals surface area contributed by atoms with Gasteiger partial charge in [-0.3, -0.25) is 4.79 Å². The van der Waals surface area contributed by atoms with E-state index in [1.807, 2.05) is 30.3 Å². The molecule has 5 nitrogen and oxygen atoms in total. The van der Waals surface area contributed by atoms with E-state index in [4.69, 9.17) is 0 Å². The van der Waals surface area contributed by atoms with Crippen molar-refractivity contribution in [3.05, 3.63) is 65.7 Å². The lowest BCUT2D eigenvalue weighted by Crippen LogP contribution is -2.32. The van der Waals surface area contributed by atoms with Gasteiger partial charge in [0.2, 0.25) is 10.0 Å². The van der Waals surface area contributed by atoms with E-state index in [9.17, 15) is 13.2 Å². The molecular formula is C18H20N2O3S. The Balaban J connectivity index is 1.87. The number of carbonyl (C=O) groups excluding carboxylic acids is 1. The predicted octanol–water partition coefficient (Wildman–Crippen LogP) is 2.40. The lowest BCUT2D eigenvalue weighted by Gasteiger charge is -2.22. The molecule has 1 aliphatic rings. The van der Waals surface area contributed by atoms with E-state index in [0.29, 0.717) is 12.1 Å². The van der Waals surface area contributed by atoms with Gasteiger partial charge in [-0.15, -0.1) is 0 Å². The quantitative estimate of drug-likeness (QED) is 0.875. The third-order valence-corrected chi connectivity index (χ3v) is 6.00. The molecule has 0 bridgehead atoms. The zero-order valence-corrected chi connectivity index (χ0v) is 14.3. The molecule has 1 amide bonds. The maximum absolute atomic E-state index is 13.0. The van der Waals surface area contributed by atoms with E-state index in [1.54, 1.807) is 23.5 Å². The van der Waals surface area contributed by atoms with E-state index in [0.717, 1.165) is 18.4 Å². The summed E-state index contributed by atoms with van der Waals surface area (Å²) < 4.78 is 27.6. The first kappa shape index (κ1) is 16.7. The minimum Gasteiger partial charge on any atom is -0.355 e. The van der Waals surface area contributed by atoms with Gasteiger partial charge in [0.05, 0.1) is 4.90 Å². The van der Waals surface area contributed by atoms with Gasteiger partial charge in [-0.05, 0) is 42.7 Å². The highest BCUT2D eigenvalue weighted by Gasteiger charge is 2.38. The predicted molar refractivity (Wildman–Crippen MR) is 92.0 cm³/mol. The molecule has 1 N–H and O–H groups in total. The second kappa shape index (κ2) is 6.75. The van der Waals surface area contributed by atoms with Crippen molar-refractivity contribution in [2.45, 2.75) is 30.3 Å². The normalized spacial score (nSPS) is 14.6. The summed E-state index contributed by atoms with van der Waals surface area (Å²) in [6, 6.07) is 15.7. The Morgan fingerprint density at radius 1 is 1.08 bits per heavy atom. The number of carbonyl (C=O) groups is 1. The fourth-order valence-corrected chi connectivity index (χ4v) is 4.27. The SMILES string of the molecule is CNC(=O)c1ccc(S(=O)(=O)N(Cc2ccccc2)C2CC2)cc1. The highest BCUT2D eigenvalue weighted by molar-refractivity contribution is 7.89. The fraction of sp³-hybridized carbons (Fsp3) is 0.278. The number of hydrogen-bond donors (Lipinski definition) is 1. The van der Waals surface area contributed by atoms with Crippen LogP contribution in [0.15, 0.2) is 59.5 Å². The van der Waals surface area contributed by atoms with Gasteiger partial charge in [0.25, 0.3) is 5.91 Å². The van der Waals surface area contributed by atoms with Crippen molar-refractivity contribution in [2.24, 2.45) is 0 Å². The average Bonchev–Trinajstić information content (AvgIpc) is 3.44. The number of amides is 1. The van der Waals surface area contributed by atoms with Gasteiger partial charge >= 0.3 is 0 Å². The molecule has 6 heteroatoms. The largest absolute Gasteiger partial charge is 0.355 e. The third-order valence-electron chi connectivity index (χ3n) is 4.09. The van der Waals surface area contributed by atoms with Crippen LogP contribution in [0.1, 0.15) is 28.8 Å². The summed E-state index contributed by atoms with van der Waals surface area (Å²) in [6.07, 6.45) is 1.78. The van der Waals surface area contributed by atoms with Gasteiger partial charge in [-0.2, -0.15) is 4.31 Å². The first-order valence-corrected chi connectivity index (χ1v) is 9.34. The first-order chi connectivity index (χ1) is 11.5. The van der Waals surface area contributed by atoms with Crippen molar-refractivity contribution in [2.75, 3.05) is 7.05 Å². The molecule has 1 fully saturated rings. The molecule has 1 saturated carbocycles. The molecule has 0 aliphatic heterocycles. The van der Waals surface area contributed by atoms with Crippen LogP contribution in [-0.2, 0) is 16.6 Å². The van der Waals surface area contributed by atoms with Crippen LogP contribution in [0, 0.1) is 0 Å². The summed E-state index contributed by atoms with van der Waals surface area (Å²) in [5.41, 5.74) is 1.41. The minimum absolute atomic E-state index is 0.0637. The van der Waals surface area contributed by atoms with Crippen molar-refractivity contribution in [1.82, 2.24) is 9.62 Å². The van der Waals surface area contributed by atoms with Crippen LogP contribution in [0.2, 0.25) is 0 Å². The average molecular weight is 344 g/mol. The molecule has 2 aromatic carbocycles. The van der Waals surface area contributed by atoms with E-state index >= 15 is 0 Å². The Morgan fingerprint density at radius 2 is 1.71 bits per heavy atom. The number of nitrogens with zero attached hydrogens (tertiary/aromatic N) is 1. The number of benzene rings is 2. The van der Waals surface area contributed by atoms with Crippen molar-refractivity contribution < 1.29 is 13.2 Å². The zero-order chi connectivity index (χ0) is 17.2. The van der Waals surface area contributed by atoms with Crippen molar-refractivity contribution in [3.8, 4) is 0 Å². The van der Waals surface area contributed by atoms with E-state index in [1.165, 1.54) is 12.1 Å². The Bertz CT molecular complexity index is 813. The fourth-order valence-electron chi connectivity index (χ4n) is 2.59. The summed E-state index contributed by atoms with van der Waals surface area (Å²) in [5.74, 6) is -0.234. The summed E-state index contributed by atoms with van der Waals surface area (Å²) in [5, 5.41) is 2.52. The van der Waals surface area contributed by atoms with Crippen LogP contribution in [0.3, 0.4) is 0 Å². The topological polar surface area (TPSA) is 66.5 Å². The van der Waals surface area contributed by atoms with Gasteiger partial charge in [-0.1, -0.05) is 30.3 Å². The Morgan fingerprint density at radius 3 is 2.25 bits per heavy atom. The van der Waals surface area contributed by atoms with Crippen LogP contribution in [0.25, 0.3) is 0 Å². The van der Waals surface area contributed by atoms with Gasteiger partial charge in [-0.25, -0.2) is 8.42 Å². The van der Waals surface area contributed by atoms with Crippen LogP contribution in [0.4, 0.5) is 0 Å². The number of nitrogens with one attached hydrogen (secondary N) is 1. The van der Waals surface area contributed by atoms with Crippen molar-refractivity contribution in [3.63, 3.8) is 0 Å². The minimum atomic E-state index is -3.58. The molecule has 0 aromatic heterocycles. The molecule has 0 radical (unpaired) electrons. The monoisotopic (exact) mass is 344 g/mol. The highest BCUT2D eigenvalue weighted by Crippen LogP contribution is 2.33. The third kappa shape index (κ3) is 3.49. The van der Waals surface area contributed by atoms with Gasteiger partial charge < -0.3 is 5.32 Å². The summed E-state index contributed by atoms with van der Waals surface area (Å²) in [7, 11) is -2.04. The molecule has 0 heterocycles. The summed E-state index contributed by atoms with van der Waals surface area (Å²) in [4.78, 5) is 11.8. The van der Waals surface area contributed by atoms with Crippen LogP contribution in [0.5, 0.6) is 0 Å². The van der Waals surface area contributed by atoms with E-state index < -0.39 is 10.0 Å². The second-order valence-corrected chi connectivity index (χ2v) is 7.76. The molecule has 2 aromatic rings. The number of hydrogen-bond acceptors (Lipinski definition) is 3. The molecule has 0 atom stereocenters. The van der Waals surface area contributed by atoms with Gasteiger partial charge in [0.1, 0.15) is 0 Å². The molecule has 3 rings (SSSR count). The first-order valence-electron chi connectivity index (χ1n) is 7.90. The van der Waals surface area contributed by atoms with Crippen LogP contribution >= 0.6 is 0 Å². The zero-order valence-electron chi connectivity index (χ0n) is 13.5. The Kier molecular flexibility index (Phi) is 4.69. The molecule has 0 saturated heterocycles. The molecule has 0 spiro atoms. The number of sulfonamides is 1. The molecule has 0 unspecified atom stereocenters. The summed E-state index contributed by atoms with van der Waals surface area (Å²) in [6.45, 7) is 0.366. The Labute approximate surface area is 142 Å². The standard InChI is InChI=1S/C18H20N2O3S/c1-19-18(21)15-7-11-17(12-8-15)24(22,23)20(16-9-10-16)13-14-5-3-2-4-6-14/h2-8,11-12,16H,9-10,13H2,1H3,(H,19,21). The van der Waals surface area contributed by atoms with Gasteiger partial charge in [0, 0.05) is 25.2 Å². The van der Waals surface area contributed by atoms with Crippen LogP contribution in [-0.4, -0.2) is 31.7 Å². The highest BCUT2D eigenvalue weighted by atomic mass is 32.2. The maximum atomic E-state index is 13.0. The maximum Gasteiger partial charge on any atom is 0.251 e. The number of rotatable bonds is 6. The van der Waals surface area contributed by atoms with Crippen molar-refractivity contribution >= 4 is 15.9 Å². The molecule has 1 aliphatic carbocycles. The van der Waals surface area contributed by atoms with Gasteiger partial charge in [0.15, 0.2) is 0 Å². The summed E-state index contributed by atoms with van der Waals surface area (Å²) >= 11 is 0.